The van der Waals surface area contributed by atoms with Crippen LogP contribution in [-0.2, 0) is 20.8 Å². The van der Waals surface area contributed by atoms with Crippen LogP contribution >= 0.6 is 27.3 Å². The van der Waals surface area contributed by atoms with E-state index in [1.54, 1.807) is 18.2 Å². The summed E-state index contributed by atoms with van der Waals surface area (Å²) in [5.74, 6) is -1.25. The maximum Gasteiger partial charge on any atom is 0.487 e. The van der Waals surface area contributed by atoms with E-state index in [9.17, 15) is 19.7 Å². The fourth-order valence-corrected chi connectivity index (χ4v) is 7.07. The Bertz CT molecular complexity index is 1400. The van der Waals surface area contributed by atoms with Gasteiger partial charge in [0.25, 0.3) is 0 Å². The SMILES string of the molecule is O=C1[C@H]2[C@H](CC(COc3ccccc3)=C3B(O)O[C@H](c4cc(Br)ccc4O)C[C@H]32)C(=O)N1Cc1cccs1. The van der Waals surface area contributed by atoms with Crippen LogP contribution in [-0.4, -0.2) is 40.6 Å². The van der Waals surface area contributed by atoms with E-state index >= 15 is 0 Å². The molecular weight excluding hydrogens is 569 g/mol. The number of thiophene rings is 1. The molecule has 1 aromatic heterocycles. The molecule has 38 heavy (non-hydrogen) atoms. The molecule has 3 heterocycles. The van der Waals surface area contributed by atoms with Crippen molar-refractivity contribution in [2.75, 3.05) is 6.61 Å². The molecule has 3 aromatic rings. The van der Waals surface area contributed by atoms with Gasteiger partial charge in [-0.3, -0.25) is 14.5 Å². The van der Waals surface area contributed by atoms with Crippen LogP contribution in [0.3, 0.4) is 0 Å². The fourth-order valence-electron chi connectivity index (χ4n) is 5.99. The second-order valence-corrected chi connectivity index (χ2v) is 11.8. The molecule has 0 spiro atoms. The molecule has 2 aliphatic heterocycles. The van der Waals surface area contributed by atoms with Crippen molar-refractivity contribution in [3.63, 3.8) is 0 Å². The van der Waals surface area contributed by atoms with Crippen LogP contribution in [0.1, 0.15) is 29.4 Å². The van der Waals surface area contributed by atoms with E-state index in [1.165, 1.54) is 16.2 Å². The summed E-state index contributed by atoms with van der Waals surface area (Å²) in [5, 5.41) is 23.8. The predicted octanol–water partition coefficient (Wildman–Crippen LogP) is 4.89. The van der Waals surface area contributed by atoms with Crippen molar-refractivity contribution in [1.29, 1.82) is 0 Å². The summed E-state index contributed by atoms with van der Waals surface area (Å²) in [6.07, 6.45) is 0.0147. The van der Waals surface area contributed by atoms with Crippen molar-refractivity contribution in [1.82, 2.24) is 4.90 Å². The van der Waals surface area contributed by atoms with Gasteiger partial charge in [0.1, 0.15) is 18.1 Å². The molecule has 0 saturated carbocycles. The van der Waals surface area contributed by atoms with Gasteiger partial charge in [-0.05, 0) is 71.6 Å². The summed E-state index contributed by atoms with van der Waals surface area (Å²) in [4.78, 5) is 29.7. The summed E-state index contributed by atoms with van der Waals surface area (Å²) in [7, 11) is -1.29. The molecule has 194 valence electrons. The number of allylic oxidation sites excluding steroid dienone is 1. The number of fused-ring (bicyclic) bond motifs is 3. The summed E-state index contributed by atoms with van der Waals surface area (Å²) in [6.45, 7) is 0.424. The molecular formula is C28H25BBrNO6S. The lowest BCUT2D eigenvalue weighted by Crippen LogP contribution is -2.45. The lowest BCUT2D eigenvalue weighted by Gasteiger charge is -2.42. The number of carbonyl (C=O) groups excluding carboxylic acids is 2. The molecule has 2 amide bonds. The van der Waals surface area contributed by atoms with Crippen molar-refractivity contribution in [3.05, 3.63) is 92.0 Å². The van der Waals surface area contributed by atoms with Gasteiger partial charge >= 0.3 is 7.12 Å². The predicted molar refractivity (Wildman–Crippen MR) is 146 cm³/mol. The number of amides is 2. The molecule has 1 aliphatic carbocycles. The van der Waals surface area contributed by atoms with Gasteiger partial charge in [-0.15, -0.1) is 11.3 Å². The Morgan fingerprint density at radius 2 is 1.89 bits per heavy atom. The number of hydrogen-bond donors (Lipinski definition) is 2. The zero-order valence-corrected chi connectivity index (χ0v) is 22.7. The average molecular weight is 594 g/mol. The van der Waals surface area contributed by atoms with Gasteiger partial charge in [-0.1, -0.05) is 40.2 Å². The van der Waals surface area contributed by atoms with Crippen LogP contribution in [0.15, 0.2) is 81.6 Å². The van der Waals surface area contributed by atoms with Crippen molar-refractivity contribution in [3.8, 4) is 11.5 Å². The molecule has 3 aliphatic rings. The van der Waals surface area contributed by atoms with E-state index in [0.717, 1.165) is 14.9 Å². The molecule has 0 radical (unpaired) electrons. The quantitative estimate of drug-likeness (QED) is 0.312. The van der Waals surface area contributed by atoms with Crippen molar-refractivity contribution >= 4 is 46.2 Å². The summed E-state index contributed by atoms with van der Waals surface area (Å²) in [5.41, 5.74) is 1.92. The van der Waals surface area contributed by atoms with Crippen molar-refractivity contribution < 1.29 is 29.1 Å². The maximum absolute atomic E-state index is 13.8. The van der Waals surface area contributed by atoms with E-state index in [2.05, 4.69) is 15.9 Å². The molecule has 2 saturated heterocycles. The Balaban J connectivity index is 1.36. The first-order valence-electron chi connectivity index (χ1n) is 12.5. The Morgan fingerprint density at radius 3 is 2.66 bits per heavy atom. The number of likely N-dealkylation sites (tertiary alicyclic amines) is 1. The van der Waals surface area contributed by atoms with Crippen LogP contribution in [0.25, 0.3) is 0 Å². The Kier molecular flexibility index (Phi) is 6.90. The largest absolute Gasteiger partial charge is 0.508 e. The smallest absolute Gasteiger partial charge is 0.487 e. The average Bonchev–Trinajstić information content (AvgIpc) is 3.52. The second kappa shape index (κ2) is 10.3. The third kappa shape index (κ3) is 4.60. The minimum Gasteiger partial charge on any atom is -0.508 e. The third-order valence-electron chi connectivity index (χ3n) is 7.69. The Labute approximate surface area is 233 Å². The first-order valence-corrected chi connectivity index (χ1v) is 14.2. The molecule has 6 rings (SSSR count). The Hall–Kier alpha value is -2.92. The van der Waals surface area contributed by atoms with Gasteiger partial charge in [0, 0.05) is 14.9 Å². The molecule has 10 heteroatoms. The van der Waals surface area contributed by atoms with Gasteiger partial charge < -0.3 is 19.5 Å². The first-order chi connectivity index (χ1) is 18.4. The van der Waals surface area contributed by atoms with Crippen molar-refractivity contribution in [2.45, 2.75) is 25.5 Å². The summed E-state index contributed by atoms with van der Waals surface area (Å²) in [6, 6.07) is 18.2. The number of ether oxygens (including phenoxy) is 1. The molecule has 0 bridgehead atoms. The van der Waals surface area contributed by atoms with E-state index in [1.807, 2.05) is 47.8 Å². The minimum atomic E-state index is -1.29. The molecule has 2 N–H and O–H groups in total. The lowest BCUT2D eigenvalue weighted by atomic mass is 9.55. The number of nitrogens with zero attached hydrogens (tertiary/aromatic N) is 1. The highest BCUT2D eigenvalue weighted by atomic mass is 79.9. The number of halogens is 1. The fraction of sp³-hybridized carbons (Fsp3) is 0.286. The Morgan fingerprint density at radius 1 is 1.08 bits per heavy atom. The highest BCUT2D eigenvalue weighted by molar-refractivity contribution is 9.10. The molecule has 2 fully saturated rings. The number of para-hydroxylation sites is 1. The van der Waals surface area contributed by atoms with Crippen LogP contribution in [0.4, 0.5) is 0 Å². The van der Waals surface area contributed by atoms with E-state index < -0.39 is 31.0 Å². The van der Waals surface area contributed by atoms with Gasteiger partial charge in [0.05, 0.1) is 24.5 Å². The highest BCUT2D eigenvalue weighted by Gasteiger charge is 2.58. The topological polar surface area (TPSA) is 96.3 Å². The normalized spacial score (nSPS) is 25.0. The monoisotopic (exact) mass is 593 g/mol. The number of phenols is 1. The van der Waals surface area contributed by atoms with Gasteiger partial charge in [0.2, 0.25) is 11.8 Å². The van der Waals surface area contributed by atoms with Crippen LogP contribution in [0, 0.1) is 17.8 Å². The molecule has 4 atom stereocenters. The van der Waals surface area contributed by atoms with Crippen molar-refractivity contribution in [2.24, 2.45) is 17.8 Å². The number of carbonyl (C=O) groups is 2. The second-order valence-electron chi connectivity index (χ2n) is 9.86. The molecule has 2 aromatic carbocycles. The summed E-state index contributed by atoms with van der Waals surface area (Å²) < 4.78 is 12.8. The number of hydrogen-bond acceptors (Lipinski definition) is 7. The maximum atomic E-state index is 13.8. The minimum absolute atomic E-state index is 0.0472. The zero-order valence-electron chi connectivity index (χ0n) is 20.3. The molecule has 0 unspecified atom stereocenters. The van der Waals surface area contributed by atoms with Crippen LogP contribution in [0.2, 0.25) is 0 Å². The number of aromatic hydroxyl groups is 1. The van der Waals surface area contributed by atoms with E-state index in [-0.39, 0.29) is 30.7 Å². The van der Waals surface area contributed by atoms with Crippen LogP contribution in [0.5, 0.6) is 11.5 Å². The third-order valence-corrected chi connectivity index (χ3v) is 9.04. The van der Waals surface area contributed by atoms with Gasteiger partial charge in [-0.2, -0.15) is 0 Å². The molecule has 7 nitrogen and oxygen atoms in total. The number of phenolic OH excluding ortho intramolecular Hbond substituents is 1. The standard InChI is InChI=1S/C28H25BBrNO6S/c30-17-8-9-23(32)20(12-17)24-13-21-25-22(27(33)31(28(25)34)14-19-7-4-10-38-19)11-16(26(21)29(35)37-24)15-36-18-5-2-1-3-6-18/h1-10,12,21-22,24-25,32,35H,11,13-15H2/t21-,22-,24-,25+/m0/s1. The van der Waals surface area contributed by atoms with Crippen LogP contribution < -0.4 is 4.74 Å². The van der Waals surface area contributed by atoms with E-state index in [4.69, 9.17) is 9.39 Å². The number of imide groups is 1. The van der Waals surface area contributed by atoms with E-state index in [0.29, 0.717) is 29.6 Å². The van der Waals surface area contributed by atoms with Gasteiger partial charge in [0.15, 0.2) is 0 Å². The highest BCUT2D eigenvalue weighted by Crippen LogP contribution is 2.52. The van der Waals surface area contributed by atoms with Gasteiger partial charge in [-0.25, -0.2) is 0 Å². The zero-order chi connectivity index (χ0) is 26.4. The first kappa shape index (κ1) is 25.4. The lowest BCUT2D eigenvalue weighted by molar-refractivity contribution is -0.140. The number of rotatable bonds is 6. The summed E-state index contributed by atoms with van der Waals surface area (Å²) >= 11 is 4.95. The number of benzene rings is 2.